The molecule has 2 heteroatoms. The Labute approximate surface area is 136 Å². The summed E-state index contributed by atoms with van der Waals surface area (Å²) in [6.07, 6.45) is 4.34. The normalized spacial score (nSPS) is 12.8. The van der Waals surface area contributed by atoms with Gasteiger partial charge < -0.3 is 4.74 Å². The number of para-hydroxylation sites is 1. The lowest BCUT2D eigenvalue weighted by atomic mass is 9.85. The number of hydrogen-bond acceptors (Lipinski definition) is 1. The van der Waals surface area contributed by atoms with Crippen molar-refractivity contribution in [2.75, 3.05) is 7.11 Å². The van der Waals surface area contributed by atoms with Gasteiger partial charge in [0, 0.05) is 6.07 Å². The van der Waals surface area contributed by atoms with Crippen LogP contribution in [0.4, 0.5) is 0 Å². The fraction of sp³-hybridized carbons (Fsp3) is 0.286. The van der Waals surface area contributed by atoms with Crippen molar-refractivity contribution in [1.82, 2.24) is 0 Å². The number of hydrogen-bond donors (Lipinski definition) is 0. The molecule has 1 heterocycles. The van der Waals surface area contributed by atoms with Crippen LogP contribution in [0, 0.1) is 0 Å². The minimum Gasteiger partial charge on any atom is -0.497 e. The lowest BCUT2D eigenvalue weighted by molar-refractivity contribution is 0.414. The minimum absolute atomic E-state index is 0.918. The molecule has 0 saturated heterocycles. The largest absolute Gasteiger partial charge is 0.497 e. The Kier molecular flexibility index (Phi) is 3.53. The summed E-state index contributed by atoms with van der Waals surface area (Å²) in [5.74, 6) is 1.97. The zero-order valence-electron chi connectivity index (χ0n) is 13.7. The molecule has 0 radical (unpaired) electrons. The van der Waals surface area contributed by atoms with E-state index in [1.807, 2.05) is 12.1 Å². The molecule has 0 bridgehead atoms. The maximum atomic E-state index is 6.33. The van der Waals surface area contributed by atoms with Gasteiger partial charge in [0.1, 0.15) is 5.75 Å². The van der Waals surface area contributed by atoms with Gasteiger partial charge in [0.05, 0.1) is 23.6 Å². The number of methoxy groups -OCH3 is 1. The Balaban J connectivity index is 2.00. The third-order valence-electron chi connectivity index (χ3n) is 4.76. The van der Waals surface area contributed by atoms with Gasteiger partial charge in [-0.2, -0.15) is 0 Å². The van der Waals surface area contributed by atoms with E-state index in [1.165, 1.54) is 27.6 Å². The van der Waals surface area contributed by atoms with Gasteiger partial charge in [-0.3, -0.25) is 0 Å². The summed E-state index contributed by atoms with van der Waals surface area (Å²) in [5.41, 5.74) is 6.38. The molecule has 4 rings (SSSR count). The summed E-state index contributed by atoms with van der Waals surface area (Å²) in [6, 6.07) is 14.7. The van der Waals surface area contributed by atoms with Gasteiger partial charge in [-0.1, -0.05) is 25.5 Å². The van der Waals surface area contributed by atoms with E-state index in [0.29, 0.717) is 0 Å². The Bertz CT molecular complexity index is 880. The predicted octanol–water partition coefficient (Wildman–Crippen LogP) is 5.44. The zero-order valence-corrected chi connectivity index (χ0v) is 13.7. The van der Waals surface area contributed by atoms with E-state index < -0.39 is 0 Å². The van der Waals surface area contributed by atoms with Gasteiger partial charge in [0.2, 0.25) is 0 Å². The van der Waals surface area contributed by atoms with E-state index in [4.69, 9.17) is 9.15 Å². The topological polar surface area (TPSA) is 20.5 Å². The van der Waals surface area contributed by atoms with Crippen LogP contribution in [0.25, 0.3) is 22.3 Å². The predicted molar refractivity (Wildman–Crippen MR) is 94.0 cm³/mol. The number of aryl methyl sites for hydroxylation is 2. The van der Waals surface area contributed by atoms with Crippen molar-refractivity contribution in [3.63, 3.8) is 0 Å². The molecule has 0 saturated carbocycles. The second kappa shape index (κ2) is 5.69. The van der Waals surface area contributed by atoms with Crippen molar-refractivity contribution in [1.29, 1.82) is 0 Å². The first-order chi connectivity index (χ1) is 11.3. The summed E-state index contributed by atoms with van der Waals surface area (Å²) in [6.45, 7) is 2.24. The molecule has 1 aliphatic carbocycles. The van der Waals surface area contributed by atoms with E-state index in [1.54, 1.807) is 7.11 Å². The van der Waals surface area contributed by atoms with Crippen molar-refractivity contribution in [3.05, 3.63) is 59.2 Å². The van der Waals surface area contributed by atoms with Gasteiger partial charge in [0.15, 0.2) is 0 Å². The molecule has 2 nitrogen and oxygen atoms in total. The van der Waals surface area contributed by atoms with Crippen molar-refractivity contribution in [3.8, 4) is 17.1 Å². The third kappa shape index (κ3) is 2.29. The highest BCUT2D eigenvalue weighted by molar-refractivity contribution is 5.86. The molecule has 3 aromatic rings. The van der Waals surface area contributed by atoms with Crippen LogP contribution in [-0.4, -0.2) is 7.11 Å². The molecule has 0 atom stereocenters. The van der Waals surface area contributed by atoms with Crippen LogP contribution in [0.3, 0.4) is 0 Å². The van der Waals surface area contributed by atoms with Gasteiger partial charge in [0.25, 0.3) is 0 Å². The molecule has 0 fully saturated rings. The molecule has 0 aliphatic heterocycles. The van der Waals surface area contributed by atoms with Gasteiger partial charge in [-0.15, -0.1) is 0 Å². The second-order valence-electron chi connectivity index (χ2n) is 6.16. The highest BCUT2D eigenvalue weighted by Gasteiger charge is 2.31. The Morgan fingerprint density at radius 2 is 1.96 bits per heavy atom. The van der Waals surface area contributed by atoms with Crippen LogP contribution in [0.2, 0.25) is 0 Å². The number of fused-ring (bicyclic) bond motifs is 4. The van der Waals surface area contributed by atoms with Gasteiger partial charge in [-0.25, -0.2) is 4.42 Å². The van der Waals surface area contributed by atoms with E-state index in [-0.39, 0.29) is 0 Å². The minimum atomic E-state index is 0.918. The van der Waals surface area contributed by atoms with Crippen LogP contribution in [0.15, 0.2) is 46.9 Å². The van der Waals surface area contributed by atoms with Gasteiger partial charge >= 0.3 is 11.3 Å². The summed E-state index contributed by atoms with van der Waals surface area (Å²) in [5, 5.41) is 1.27. The highest BCUT2D eigenvalue weighted by atomic mass is 16.5. The zero-order chi connectivity index (χ0) is 15.8. The molecule has 23 heavy (non-hydrogen) atoms. The van der Waals surface area contributed by atoms with Gasteiger partial charge in [-0.05, 0) is 54.7 Å². The SMILES string of the molecule is CCCc1c2c([o+]c3ccccc13)-c1ccc(OC)cc1CC2. The number of rotatable bonds is 3. The lowest BCUT2D eigenvalue weighted by Crippen LogP contribution is -2.08. The smallest absolute Gasteiger partial charge is 0.364 e. The molecule has 0 unspecified atom stereocenters. The quantitative estimate of drug-likeness (QED) is 0.600. The van der Waals surface area contributed by atoms with Crippen molar-refractivity contribution in [2.24, 2.45) is 0 Å². The van der Waals surface area contributed by atoms with Crippen LogP contribution in [0.5, 0.6) is 5.75 Å². The average Bonchev–Trinajstić information content (AvgIpc) is 2.61. The molecular formula is C21H21O2+. The van der Waals surface area contributed by atoms with Crippen LogP contribution in [0.1, 0.15) is 30.0 Å². The van der Waals surface area contributed by atoms with Crippen LogP contribution < -0.4 is 4.74 Å². The molecule has 1 aromatic heterocycles. The monoisotopic (exact) mass is 305 g/mol. The standard InChI is InChI=1S/C21H21O2/c1-3-6-17-18-7-4-5-8-20(18)23-21-16-12-10-15(22-2)13-14(16)9-11-19(17)21/h4-5,7-8,10,12-13H,3,6,9,11H2,1-2H3/q+1. The van der Waals surface area contributed by atoms with E-state index >= 15 is 0 Å². The van der Waals surface area contributed by atoms with Crippen molar-refractivity contribution >= 4 is 11.0 Å². The lowest BCUT2D eigenvalue weighted by Gasteiger charge is -2.17. The summed E-state index contributed by atoms with van der Waals surface area (Å²) < 4.78 is 11.7. The summed E-state index contributed by atoms with van der Waals surface area (Å²) in [4.78, 5) is 0. The molecule has 0 spiro atoms. The second-order valence-corrected chi connectivity index (χ2v) is 6.16. The maximum Gasteiger partial charge on any atom is 0.364 e. The Morgan fingerprint density at radius 3 is 2.78 bits per heavy atom. The molecule has 116 valence electrons. The molecular weight excluding hydrogens is 284 g/mol. The van der Waals surface area contributed by atoms with Crippen molar-refractivity contribution < 1.29 is 9.15 Å². The summed E-state index contributed by atoms with van der Waals surface area (Å²) >= 11 is 0. The first-order valence-corrected chi connectivity index (χ1v) is 8.35. The van der Waals surface area contributed by atoms with E-state index in [0.717, 1.165) is 42.8 Å². The number of benzene rings is 2. The van der Waals surface area contributed by atoms with E-state index in [2.05, 4.69) is 37.3 Å². The first kappa shape index (κ1) is 14.3. The fourth-order valence-electron chi connectivity index (χ4n) is 3.68. The Hall–Kier alpha value is -2.35. The molecule has 0 amide bonds. The molecule has 2 aromatic carbocycles. The first-order valence-electron chi connectivity index (χ1n) is 8.35. The Morgan fingerprint density at radius 1 is 1.09 bits per heavy atom. The van der Waals surface area contributed by atoms with Crippen molar-refractivity contribution in [2.45, 2.75) is 32.6 Å². The highest BCUT2D eigenvalue weighted by Crippen LogP contribution is 2.40. The third-order valence-corrected chi connectivity index (χ3v) is 4.76. The summed E-state index contributed by atoms with van der Waals surface area (Å²) in [7, 11) is 1.72. The number of ether oxygens (including phenoxy) is 1. The maximum absolute atomic E-state index is 6.33. The van der Waals surface area contributed by atoms with Crippen LogP contribution >= 0.6 is 0 Å². The van der Waals surface area contributed by atoms with E-state index in [9.17, 15) is 0 Å². The molecule has 1 aliphatic rings. The molecule has 0 N–H and O–H groups in total. The fourth-order valence-corrected chi connectivity index (χ4v) is 3.68. The van der Waals surface area contributed by atoms with Crippen LogP contribution in [-0.2, 0) is 19.3 Å². The average molecular weight is 305 g/mol.